The molecule has 2 rings (SSSR count). The van der Waals surface area contributed by atoms with Gasteiger partial charge in [0.05, 0.1) is 23.0 Å². The Morgan fingerprint density at radius 1 is 1.14 bits per heavy atom. The van der Waals surface area contributed by atoms with Crippen molar-refractivity contribution in [2.45, 2.75) is 0 Å². The van der Waals surface area contributed by atoms with E-state index in [4.69, 9.17) is 4.74 Å². The van der Waals surface area contributed by atoms with Gasteiger partial charge in [-0.2, -0.15) is 0 Å². The van der Waals surface area contributed by atoms with Crippen LogP contribution in [-0.2, 0) is 4.74 Å². The number of ether oxygens (including phenoxy) is 2. The van der Waals surface area contributed by atoms with E-state index in [1.54, 1.807) is 5.38 Å². The number of hydrogen-bond donors (Lipinski definition) is 0. The third kappa shape index (κ3) is 3.01. The number of nitrogens with zero attached hydrogens (tertiary/aromatic N) is 2. The van der Waals surface area contributed by atoms with Crippen LogP contribution in [0.3, 0.4) is 0 Å². The lowest BCUT2D eigenvalue weighted by Crippen LogP contribution is -2.01. The van der Waals surface area contributed by atoms with E-state index in [0.29, 0.717) is 0 Å². The van der Waals surface area contributed by atoms with Gasteiger partial charge >= 0.3 is 11.7 Å². The standard InChI is InChI=1S/C12H8N2O7S/c1-20-12(15)11-10(4-5-22-11)21-9-3-2-7(13(16)17)6-8(9)14(18)19/h2-6H,1H3. The Morgan fingerprint density at radius 2 is 1.86 bits per heavy atom. The van der Waals surface area contributed by atoms with Gasteiger partial charge in [0, 0.05) is 6.07 Å². The smallest absolute Gasteiger partial charge is 0.351 e. The minimum Gasteiger partial charge on any atom is -0.465 e. The summed E-state index contributed by atoms with van der Waals surface area (Å²) in [5, 5.41) is 23.2. The number of carbonyl (C=O) groups excluding carboxylic acids is 1. The Balaban J connectivity index is 2.42. The minimum absolute atomic E-state index is 0.0776. The van der Waals surface area contributed by atoms with Crippen molar-refractivity contribution in [2.75, 3.05) is 7.11 Å². The Labute approximate surface area is 127 Å². The molecular formula is C12H8N2O7S. The average Bonchev–Trinajstić information content (AvgIpc) is 2.94. The van der Waals surface area contributed by atoms with Crippen molar-refractivity contribution >= 4 is 28.7 Å². The van der Waals surface area contributed by atoms with Gasteiger partial charge in [-0.3, -0.25) is 20.2 Å². The second kappa shape index (κ2) is 6.18. The molecule has 0 saturated heterocycles. The normalized spacial score (nSPS) is 10.0. The first-order chi connectivity index (χ1) is 10.4. The Hall–Kier alpha value is -3.01. The number of hydrogen-bond acceptors (Lipinski definition) is 8. The molecule has 0 radical (unpaired) electrons. The van der Waals surface area contributed by atoms with E-state index < -0.39 is 27.2 Å². The number of benzene rings is 1. The predicted molar refractivity (Wildman–Crippen MR) is 75.5 cm³/mol. The minimum atomic E-state index is -0.799. The van der Waals surface area contributed by atoms with Crippen molar-refractivity contribution in [3.63, 3.8) is 0 Å². The molecule has 9 nitrogen and oxygen atoms in total. The summed E-state index contributed by atoms with van der Waals surface area (Å²) in [7, 11) is 1.19. The van der Waals surface area contributed by atoms with Crippen LogP contribution in [-0.4, -0.2) is 22.9 Å². The van der Waals surface area contributed by atoms with E-state index in [0.717, 1.165) is 29.5 Å². The van der Waals surface area contributed by atoms with Gasteiger partial charge < -0.3 is 9.47 Å². The molecule has 0 saturated carbocycles. The summed E-state index contributed by atoms with van der Waals surface area (Å²) in [6, 6.07) is 4.42. The maximum absolute atomic E-state index is 11.5. The molecule has 2 aromatic rings. The fraction of sp³-hybridized carbons (Fsp3) is 0.0833. The highest BCUT2D eigenvalue weighted by molar-refractivity contribution is 7.12. The van der Waals surface area contributed by atoms with Crippen LogP contribution in [0.2, 0.25) is 0 Å². The summed E-state index contributed by atoms with van der Waals surface area (Å²) in [5.41, 5.74) is -1.01. The molecule has 0 atom stereocenters. The third-order valence-electron chi connectivity index (χ3n) is 2.57. The Morgan fingerprint density at radius 3 is 2.45 bits per heavy atom. The number of nitro benzene ring substituents is 2. The molecule has 0 aliphatic heterocycles. The number of esters is 1. The van der Waals surface area contributed by atoms with Crippen LogP contribution in [0, 0.1) is 20.2 Å². The third-order valence-corrected chi connectivity index (χ3v) is 3.45. The highest BCUT2D eigenvalue weighted by Gasteiger charge is 2.23. The number of non-ortho nitro benzene ring substituents is 1. The maximum Gasteiger partial charge on any atom is 0.351 e. The first kappa shape index (κ1) is 15.4. The zero-order chi connectivity index (χ0) is 16.3. The second-order valence-corrected chi connectivity index (χ2v) is 4.79. The zero-order valence-electron chi connectivity index (χ0n) is 11.0. The van der Waals surface area contributed by atoms with Gasteiger partial charge in [-0.25, -0.2) is 4.79 Å². The maximum atomic E-state index is 11.5. The van der Waals surface area contributed by atoms with Crippen LogP contribution in [0.25, 0.3) is 0 Å². The molecule has 114 valence electrons. The fourth-order valence-corrected chi connectivity index (χ4v) is 2.32. The lowest BCUT2D eigenvalue weighted by atomic mass is 10.2. The molecule has 1 heterocycles. The molecule has 0 bridgehead atoms. The van der Waals surface area contributed by atoms with Crippen molar-refractivity contribution < 1.29 is 24.1 Å². The van der Waals surface area contributed by atoms with Crippen LogP contribution in [0.4, 0.5) is 11.4 Å². The molecule has 0 spiro atoms. The number of rotatable bonds is 5. The van der Waals surface area contributed by atoms with Crippen LogP contribution < -0.4 is 4.74 Å². The fourth-order valence-electron chi connectivity index (χ4n) is 1.59. The summed E-state index contributed by atoms with van der Waals surface area (Å²) in [6.45, 7) is 0. The topological polar surface area (TPSA) is 122 Å². The summed E-state index contributed by atoms with van der Waals surface area (Å²) in [5.74, 6) is -0.775. The molecule has 0 aliphatic carbocycles. The number of thiophene rings is 1. The molecule has 1 aromatic heterocycles. The van der Waals surface area contributed by atoms with Gasteiger partial charge in [0.2, 0.25) is 5.75 Å². The summed E-state index contributed by atoms with van der Waals surface area (Å²) in [4.78, 5) is 31.8. The monoisotopic (exact) mass is 324 g/mol. The van der Waals surface area contributed by atoms with Crippen molar-refractivity contribution in [1.82, 2.24) is 0 Å². The highest BCUT2D eigenvalue weighted by atomic mass is 32.1. The molecule has 0 amide bonds. The average molecular weight is 324 g/mol. The molecule has 22 heavy (non-hydrogen) atoms. The van der Waals surface area contributed by atoms with Gasteiger partial charge in [0.15, 0.2) is 10.6 Å². The Bertz CT molecular complexity index is 756. The van der Waals surface area contributed by atoms with Crippen LogP contribution >= 0.6 is 11.3 Å². The summed E-state index contributed by atoms with van der Waals surface area (Å²) >= 11 is 1.05. The molecule has 0 N–H and O–H groups in total. The lowest BCUT2D eigenvalue weighted by Gasteiger charge is -2.06. The van der Waals surface area contributed by atoms with E-state index >= 15 is 0 Å². The van der Waals surface area contributed by atoms with Gasteiger partial charge in [-0.1, -0.05) is 0 Å². The largest absolute Gasteiger partial charge is 0.465 e. The number of nitro groups is 2. The quantitative estimate of drug-likeness (QED) is 0.470. The van der Waals surface area contributed by atoms with Crippen LogP contribution in [0.15, 0.2) is 29.6 Å². The van der Waals surface area contributed by atoms with E-state index in [9.17, 15) is 25.0 Å². The van der Waals surface area contributed by atoms with Crippen molar-refractivity contribution in [3.05, 3.63) is 54.8 Å². The Kier molecular flexibility index (Phi) is 4.32. The lowest BCUT2D eigenvalue weighted by molar-refractivity contribution is -0.394. The van der Waals surface area contributed by atoms with E-state index in [2.05, 4.69) is 4.74 Å². The van der Waals surface area contributed by atoms with Crippen LogP contribution in [0.1, 0.15) is 9.67 Å². The van der Waals surface area contributed by atoms with E-state index in [1.807, 2.05) is 0 Å². The summed E-state index contributed by atoms with van der Waals surface area (Å²) < 4.78 is 9.91. The number of carbonyl (C=O) groups is 1. The van der Waals surface area contributed by atoms with Crippen molar-refractivity contribution in [2.24, 2.45) is 0 Å². The van der Waals surface area contributed by atoms with Gasteiger partial charge in [-0.05, 0) is 17.5 Å². The zero-order valence-corrected chi connectivity index (χ0v) is 11.9. The van der Waals surface area contributed by atoms with E-state index in [-0.39, 0.29) is 16.4 Å². The second-order valence-electron chi connectivity index (χ2n) is 3.87. The predicted octanol–water partition coefficient (Wildman–Crippen LogP) is 3.14. The highest BCUT2D eigenvalue weighted by Crippen LogP contribution is 2.37. The molecule has 10 heteroatoms. The van der Waals surface area contributed by atoms with Crippen molar-refractivity contribution in [3.8, 4) is 11.5 Å². The first-order valence-corrected chi connectivity index (χ1v) is 6.58. The molecule has 1 aromatic carbocycles. The SMILES string of the molecule is COC(=O)c1sccc1Oc1ccc([N+](=O)[O-])cc1[N+](=O)[O-]. The van der Waals surface area contributed by atoms with E-state index in [1.165, 1.54) is 13.2 Å². The number of methoxy groups -OCH3 is 1. The van der Waals surface area contributed by atoms with Crippen LogP contribution in [0.5, 0.6) is 11.5 Å². The molecule has 0 fully saturated rings. The van der Waals surface area contributed by atoms with Gasteiger partial charge in [0.1, 0.15) is 0 Å². The molecular weight excluding hydrogens is 316 g/mol. The van der Waals surface area contributed by atoms with Gasteiger partial charge in [0.25, 0.3) is 5.69 Å². The van der Waals surface area contributed by atoms with Gasteiger partial charge in [-0.15, -0.1) is 11.3 Å². The molecule has 0 unspecified atom stereocenters. The molecule has 0 aliphatic rings. The first-order valence-electron chi connectivity index (χ1n) is 5.70. The van der Waals surface area contributed by atoms with Crippen molar-refractivity contribution in [1.29, 1.82) is 0 Å². The summed E-state index contributed by atoms with van der Waals surface area (Å²) in [6.07, 6.45) is 0.